The summed E-state index contributed by atoms with van der Waals surface area (Å²) in [6.45, 7) is 5.63. The van der Waals surface area contributed by atoms with Gasteiger partial charge in [0.1, 0.15) is 0 Å². The molecular weight excluding hydrogens is 186 g/mol. The van der Waals surface area contributed by atoms with Crippen LogP contribution in [-0.4, -0.2) is 22.6 Å². The molecule has 1 heterocycles. The van der Waals surface area contributed by atoms with E-state index in [-0.39, 0.29) is 0 Å². The zero-order chi connectivity index (χ0) is 10.7. The van der Waals surface area contributed by atoms with Crippen molar-refractivity contribution in [2.75, 3.05) is 6.54 Å². The van der Waals surface area contributed by atoms with Crippen molar-refractivity contribution >= 4 is 0 Å². The highest BCUT2D eigenvalue weighted by Gasteiger charge is 2.28. The second-order valence-corrected chi connectivity index (χ2v) is 4.66. The first-order valence-electron chi connectivity index (χ1n) is 6.03. The lowest BCUT2D eigenvalue weighted by molar-refractivity contribution is 0.257. The van der Waals surface area contributed by atoms with E-state index in [1.807, 2.05) is 6.20 Å². The van der Waals surface area contributed by atoms with E-state index in [9.17, 15) is 0 Å². The minimum atomic E-state index is 0.692. The third-order valence-corrected chi connectivity index (χ3v) is 3.59. The number of H-pyrrole nitrogens is 1. The number of nitrogens with one attached hydrogen (secondary N) is 2. The summed E-state index contributed by atoms with van der Waals surface area (Å²) in [5.74, 6) is 1.46. The van der Waals surface area contributed by atoms with Gasteiger partial charge in [-0.05, 0) is 31.7 Å². The average molecular weight is 207 g/mol. The van der Waals surface area contributed by atoms with Crippen molar-refractivity contribution in [3.63, 3.8) is 0 Å². The number of imidazole rings is 1. The minimum Gasteiger partial charge on any atom is -0.348 e. The molecule has 3 unspecified atom stereocenters. The van der Waals surface area contributed by atoms with Gasteiger partial charge in [-0.2, -0.15) is 0 Å². The van der Waals surface area contributed by atoms with E-state index < -0.39 is 0 Å². The average Bonchev–Trinajstić information content (AvgIpc) is 2.74. The molecule has 2 rings (SSSR count). The van der Waals surface area contributed by atoms with Crippen LogP contribution in [0.1, 0.15) is 44.7 Å². The molecule has 0 aliphatic heterocycles. The highest BCUT2D eigenvalue weighted by atomic mass is 14.9. The van der Waals surface area contributed by atoms with E-state index in [0.29, 0.717) is 12.0 Å². The Bertz CT molecular complexity index is 281. The smallest absolute Gasteiger partial charge is 0.0921 e. The van der Waals surface area contributed by atoms with Crippen LogP contribution in [0.5, 0.6) is 0 Å². The molecule has 0 radical (unpaired) electrons. The first-order chi connectivity index (χ1) is 7.31. The van der Waals surface area contributed by atoms with Crippen molar-refractivity contribution in [3.05, 3.63) is 18.2 Å². The molecule has 0 aromatic carbocycles. The van der Waals surface area contributed by atoms with Crippen LogP contribution in [-0.2, 0) is 0 Å². The molecule has 0 bridgehead atoms. The molecule has 1 saturated carbocycles. The van der Waals surface area contributed by atoms with Gasteiger partial charge in [0.25, 0.3) is 0 Å². The van der Waals surface area contributed by atoms with Crippen molar-refractivity contribution in [2.45, 2.75) is 45.1 Å². The predicted molar refractivity (Wildman–Crippen MR) is 61.8 cm³/mol. The summed E-state index contributed by atoms with van der Waals surface area (Å²) in [7, 11) is 0. The van der Waals surface area contributed by atoms with Crippen LogP contribution in [0.15, 0.2) is 12.5 Å². The van der Waals surface area contributed by atoms with Crippen LogP contribution in [0.4, 0.5) is 0 Å². The van der Waals surface area contributed by atoms with Crippen LogP contribution in [0.3, 0.4) is 0 Å². The lowest BCUT2D eigenvalue weighted by atomic mass is 9.78. The third-order valence-electron chi connectivity index (χ3n) is 3.59. The molecule has 0 spiro atoms. The van der Waals surface area contributed by atoms with Gasteiger partial charge >= 0.3 is 0 Å². The molecule has 1 aromatic rings. The lowest BCUT2D eigenvalue weighted by Gasteiger charge is -2.34. The summed E-state index contributed by atoms with van der Waals surface area (Å²) in [5, 5.41) is 3.57. The first kappa shape index (κ1) is 10.7. The number of aromatic amines is 1. The normalized spacial score (nSPS) is 31.7. The summed E-state index contributed by atoms with van der Waals surface area (Å²) >= 11 is 0. The second kappa shape index (κ2) is 4.79. The van der Waals surface area contributed by atoms with Gasteiger partial charge in [0, 0.05) is 23.9 Å². The minimum absolute atomic E-state index is 0.692. The van der Waals surface area contributed by atoms with Gasteiger partial charge in [-0.25, -0.2) is 4.98 Å². The maximum Gasteiger partial charge on any atom is 0.0921 e. The molecule has 84 valence electrons. The summed E-state index contributed by atoms with van der Waals surface area (Å²) in [5.41, 5.74) is 1.32. The number of aromatic nitrogens is 2. The van der Waals surface area contributed by atoms with Gasteiger partial charge in [-0.3, -0.25) is 0 Å². The van der Waals surface area contributed by atoms with Crippen molar-refractivity contribution in [3.8, 4) is 0 Å². The van der Waals surface area contributed by atoms with E-state index in [1.54, 1.807) is 6.33 Å². The molecule has 1 aromatic heterocycles. The van der Waals surface area contributed by atoms with Gasteiger partial charge in [0.05, 0.1) is 6.33 Å². The molecule has 0 amide bonds. The molecule has 3 nitrogen and oxygen atoms in total. The Morgan fingerprint density at radius 2 is 2.40 bits per heavy atom. The maximum absolute atomic E-state index is 4.11. The zero-order valence-corrected chi connectivity index (χ0v) is 9.66. The summed E-state index contributed by atoms with van der Waals surface area (Å²) in [4.78, 5) is 7.35. The molecule has 1 fully saturated rings. The molecule has 15 heavy (non-hydrogen) atoms. The van der Waals surface area contributed by atoms with E-state index in [0.717, 1.165) is 12.5 Å². The Balaban J connectivity index is 1.94. The van der Waals surface area contributed by atoms with Crippen LogP contribution in [0.25, 0.3) is 0 Å². The van der Waals surface area contributed by atoms with Gasteiger partial charge < -0.3 is 10.3 Å². The Morgan fingerprint density at radius 1 is 1.53 bits per heavy atom. The highest BCUT2D eigenvalue weighted by Crippen LogP contribution is 2.34. The Morgan fingerprint density at radius 3 is 3.00 bits per heavy atom. The van der Waals surface area contributed by atoms with Gasteiger partial charge in [-0.1, -0.05) is 13.8 Å². The zero-order valence-electron chi connectivity index (χ0n) is 9.66. The summed E-state index contributed by atoms with van der Waals surface area (Å²) in [6.07, 6.45) is 7.62. The fourth-order valence-electron chi connectivity index (χ4n) is 2.73. The second-order valence-electron chi connectivity index (χ2n) is 4.66. The SMILES string of the molecule is CCNC1CCC(c2cnc[nH]2)CC1C. The van der Waals surface area contributed by atoms with Crippen LogP contribution in [0, 0.1) is 5.92 Å². The van der Waals surface area contributed by atoms with Crippen LogP contribution in [0.2, 0.25) is 0 Å². The maximum atomic E-state index is 4.11. The third kappa shape index (κ3) is 2.40. The van der Waals surface area contributed by atoms with E-state index >= 15 is 0 Å². The van der Waals surface area contributed by atoms with Crippen molar-refractivity contribution < 1.29 is 0 Å². The number of nitrogens with zero attached hydrogens (tertiary/aromatic N) is 1. The topological polar surface area (TPSA) is 40.7 Å². The molecule has 3 atom stereocenters. The van der Waals surface area contributed by atoms with Gasteiger partial charge in [0.2, 0.25) is 0 Å². The molecule has 2 N–H and O–H groups in total. The Labute approximate surface area is 91.7 Å². The van der Waals surface area contributed by atoms with Crippen LogP contribution >= 0.6 is 0 Å². The largest absolute Gasteiger partial charge is 0.348 e. The number of hydrogen-bond donors (Lipinski definition) is 2. The van der Waals surface area contributed by atoms with Crippen LogP contribution < -0.4 is 5.32 Å². The summed E-state index contributed by atoms with van der Waals surface area (Å²) in [6, 6.07) is 0.717. The molecule has 1 aliphatic carbocycles. The fraction of sp³-hybridized carbons (Fsp3) is 0.750. The molecule has 0 saturated heterocycles. The molecule has 1 aliphatic rings. The number of rotatable bonds is 3. The van der Waals surface area contributed by atoms with Gasteiger partial charge in [0.15, 0.2) is 0 Å². The van der Waals surface area contributed by atoms with Crippen molar-refractivity contribution in [2.24, 2.45) is 5.92 Å². The van der Waals surface area contributed by atoms with E-state index in [4.69, 9.17) is 0 Å². The van der Waals surface area contributed by atoms with E-state index in [2.05, 4.69) is 29.1 Å². The monoisotopic (exact) mass is 207 g/mol. The van der Waals surface area contributed by atoms with Gasteiger partial charge in [-0.15, -0.1) is 0 Å². The first-order valence-corrected chi connectivity index (χ1v) is 6.03. The Kier molecular flexibility index (Phi) is 3.41. The quantitative estimate of drug-likeness (QED) is 0.798. The molecule has 3 heteroatoms. The molecular formula is C12H21N3. The van der Waals surface area contributed by atoms with Crippen molar-refractivity contribution in [1.82, 2.24) is 15.3 Å². The number of hydrogen-bond acceptors (Lipinski definition) is 2. The fourth-order valence-corrected chi connectivity index (χ4v) is 2.73. The summed E-state index contributed by atoms with van der Waals surface area (Å²) < 4.78 is 0. The highest BCUT2D eigenvalue weighted by molar-refractivity contribution is 5.06. The van der Waals surface area contributed by atoms with Crippen molar-refractivity contribution in [1.29, 1.82) is 0 Å². The standard InChI is InChI=1S/C12H21N3/c1-3-14-11-5-4-10(6-9(11)2)12-7-13-8-15-12/h7-11,14H,3-6H2,1-2H3,(H,13,15). The predicted octanol–water partition coefficient (Wildman–Crippen LogP) is 2.29. The lowest BCUT2D eigenvalue weighted by Crippen LogP contribution is -2.38. The van der Waals surface area contributed by atoms with E-state index in [1.165, 1.54) is 25.0 Å². The Hall–Kier alpha value is -0.830.